The predicted molar refractivity (Wildman–Crippen MR) is 99.7 cm³/mol. The summed E-state index contributed by atoms with van der Waals surface area (Å²) in [5.41, 5.74) is 2.38. The number of piperidine rings is 1. The van der Waals surface area contributed by atoms with Crippen molar-refractivity contribution in [2.45, 2.75) is 18.8 Å². The summed E-state index contributed by atoms with van der Waals surface area (Å²) < 4.78 is 0. The number of hydrogen-bond donors (Lipinski definition) is 0. The molecule has 126 valence electrons. The van der Waals surface area contributed by atoms with Crippen LogP contribution in [0.1, 0.15) is 34.0 Å². The third-order valence-corrected chi connectivity index (χ3v) is 5.73. The van der Waals surface area contributed by atoms with E-state index in [1.165, 1.54) is 16.9 Å². The highest BCUT2D eigenvalue weighted by atomic mass is 32.1. The molecule has 0 N–H and O–H groups in total. The Bertz CT molecular complexity index is 840. The Balaban J connectivity index is 1.42. The van der Waals surface area contributed by atoms with Crippen LogP contribution in [0.3, 0.4) is 0 Å². The number of aromatic nitrogens is 2. The molecule has 1 aromatic carbocycles. The van der Waals surface area contributed by atoms with E-state index in [4.69, 9.17) is 0 Å². The van der Waals surface area contributed by atoms with Crippen LogP contribution in [0.25, 0.3) is 10.6 Å². The van der Waals surface area contributed by atoms with Gasteiger partial charge in [0.15, 0.2) is 0 Å². The third kappa shape index (κ3) is 3.46. The summed E-state index contributed by atoms with van der Waals surface area (Å²) >= 11 is 1.45. The average Bonchev–Trinajstić information content (AvgIpc) is 3.19. The zero-order chi connectivity index (χ0) is 17.1. The first-order valence-corrected chi connectivity index (χ1v) is 9.33. The predicted octanol–water partition coefficient (Wildman–Crippen LogP) is 4.22. The number of amides is 1. The zero-order valence-electron chi connectivity index (χ0n) is 13.8. The van der Waals surface area contributed by atoms with Gasteiger partial charge in [-0.05, 0) is 36.5 Å². The van der Waals surface area contributed by atoms with Gasteiger partial charge in [0.05, 0.1) is 6.20 Å². The maximum atomic E-state index is 12.8. The van der Waals surface area contributed by atoms with Crippen molar-refractivity contribution < 1.29 is 4.79 Å². The van der Waals surface area contributed by atoms with Crippen LogP contribution in [0.4, 0.5) is 0 Å². The number of carbonyl (C=O) groups is 1. The molecule has 25 heavy (non-hydrogen) atoms. The lowest BCUT2D eigenvalue weighted by Gasteiger charge is -2.31. The van der Waals surface area contributed by atoms with Gasteiger partial charge in [0.25, 0.3) is 5.91 Å². The maximum absolute atomic E-state index is 12.8. The van der Waals surface area contributed by atoms with Crippen molar-refractivity contribution in [3.8, 4) is 10.6 Å². The van der Waals surface area contributed by atoms with Crippen molar-refractivity contribution in [2.24, 2.45) is 0 Å². The minimum absolute atomic E-state index is 0.101. The fourth-order valence-electron chi connectivity index (χ4n) is 3.30. The van der Waals surface area contributed by atoms with E-state index >= 15 is 0 Å². The van der Waals surface area contributed by atoms with Gasteiger partial charge in [-0.2, -0.15) is 0 Å². The number of benzene rings is 1. The van der Waals surface area contributed by atoms with Crippen LogP contribution in [0.2, 0.25) is 0 Å². The molecule has 5 heteroatoms. The number of rotatable bonds is 3. The Labute approximate surface area is 151 Å². The third-order valence-electron chi connectivity index (χ3n) is 4.70. The minimum Gasteiger partial charge on any atom is -0.338 e. The largest absolute Gasteiger partial charge is 0.338 e. The Hall–Kier alpha value is -2.53. The Morgan fingerprint density at radius 3 is 2.48 bits per heavy atom. The van der Waals surface area contributed by atoms with Crippen LogP contribution in [0.5, 0.6) is 0 Å². The van der Waals surface area contributed by atoms with Gasteiger partial charge in [-0.1, -0.05) is 30.3 Å². The average molecular weight is 349 g/mol. The van der Waals surface area contributed by atoms with Crippen LogP contribution >= 0.6 is 11.3 Å². The fourth-order valence-corrected chi connectivity index (χ4v) is 4.19. The van der Waals surface area contributed by atoms with Crippen molar-refractivity contribution in [1.29, 1.82) is 0 Å². The zero-order valence-corrected chi connectivity index (χ0v) is 14.7. The standard InChI is InChI=1S/C20H19N3OS/c24-20(18-14-22-19(25-18)17-6-10-21-11-7-17)23-12-8-16(9-13-23)15-4-2-1-3-5-15/h1-7,10-11,14,16H,8-9,12-13H2. The molecule has 3 aromatic rings. The van der Waals surface area contributed by atoms with Crippen LogP contribution < -0.4 is 0 Å². The molecule has 1 saturated heterocycles. The van der Waals surface area contributed by atoms with Gasteiger partial charge < -0.3 is 4.90 Å². The van der Waals surface area contributed by atoms with Crippen molar-refractivity contribution >= 4 is 17.2 Å². The van der Waals surface area contributed by atoms with E-state index in [0.717, 1.165) is 36.5 Å². The molecule has 0 unspecified atom stereocenters. The van der Waals surface area contributed by atoms with Crippen LogP contribution in [-0.4, -0.2) is 33.9 Å². The number of hydrogen-bond acceptors (Lipinski definition) is 4. The summed E-state index contributed by atoms with van der Waals surface area (Å²) in [5, 5.41) is 0.866. The smallest absolute Gasteiger partial charge is 0.265 e. The SMILES string of the molecule is O=C(c1cnc(-c2ccncc2)s1)N1CCC(c2ccccc2)CC1. The lowest BCUT2D eigenvalue weighted by atomic mass is 9.89. The first kappa shape index (κ1) is 16.0. The van der Waals surface area contributed by atoms with Gasteiger partial charge in [0.1, 0.15) is 9.88 Å². The van der Waals surface area contributed by atoms with E-state index in [2.05, 4.69) is 34.2 Å². The molecule has 4 nitrogen and oxygen atoms in total. The van der Waals surface area contributed by atoms with E-state index < -0.39 is 0 Å². The molecule has 0 radical (unpaired) electrons. The minimum atomic E-state index is 0.101. The van der Waals surface area contributed by atoms with E-state index in [1.54, 1.807) is 18.6 Å². The first-order chi connectivity index (χ1) is 12.3. The second-order valence-corrected chi connectivity index (χ2v) is 7.27. The molecule has 0 atom stereocenters. The molecule has 3 heterocycles. The summed E-state index contributed by atoms with van der Waals surface area (Å²) in [7, 11) is 0. The molecule has 0 saturated carbocycles. The monoisotopic (exact) mass is 349 g/mol. The summed E-state index contributed by atoms with van der Waals surface area (Å²) in [6, 6.07) is 14.4. The summed E-state index contributed by atoms with van der Waals surface area (Å²) in [5.74, 6) is 0.656. The molecular formula is C20H19N3OS. The van der Waals surface area contributed by atoms with Crippen LogP contribution in [-0.2, 0) is 0 Å². The molecule has 4 rings (SSSR count). The summed E-state index contributed by atoms with van der Waals surface area (Å²) in [6.45, 7) is 1.61. The summed E-state index contributed by atoms with van der Waals surface area (Å²) in [6.07, 6.45) is 7.22. The van der Waals surface area contributed by atoms with E-state index in [1.807, 2.05) is 23.1 Å². The van der Waals surface area contributed by atoms with Gasteiger partial charge in [-0.15, -0.1) is 11.3 Å². The Morgan fingerprint density at radius 2 is 1.76 bits per heavy atom. The first-order valence-electron chi connectivity index (χ1n) is 8.52. The number of likely N-dealkylation sites (tertiary alicyclic amines) is 1. The molecule has 0 aliphatic carbocycles. The second kappa shape index (κ2) is 7.15. The highest BCUT2D eigenvalue weighted by molar-refractivity contribution is 7.16. The highest BCUT2D eigenvalue weighted by Crippen LogP contribution is 2.30. The number of thiazole rings is 1. The lowest BCUT2D eigenvalue weighted by Crippen LogP contribution is -2.37. The molecule has 1 fully saturated rings. The topological polar surface area (TPSA) is 46.1 Å². The van der Waals surface area contributed by atoms with Gasteiger partial charge in [-0.25, -0.2) is 4.98 Å². The van der Waals surface area contributed by atoms with Gasteiger partial charge in [-0.3, -0.25) is 9.78 Å². The van der Waals surface area contributed by atoms with E-state index in [0.29, 0.717) is 10.8 Å². The molecular weight excluding hydrogens is 330 g/mol. The molecule has 0 bridgehead atoms. The molecule has 2 aromatic heterocycles. The second-order valence-electron chi connectivity index (χ2n) is 6.24. The van der Waals surface area contributed by atoms with Crippen molar-refractivity contribution in [3.63, 3.8) is 0 Å². The van der Waals surface area contributed by atoms with Crippen LogP contribution in [0, 0.1) is 0 Å². The van der Waals surface area contributed by atoms with Crippen LogP contribution in [0.15, 0.2) is 61.1 Å². The number of nitrogens with zero attached hydrogens (tertiary/aromatic N) is 3. The lowest BCUT2D eigenvalue weighted by molar-refractivity contribution is 0.0717. The van der Waals surface area contributed by atoms with E-state index in [9.17, 15) is 4.79 Å². The number of pyridine rings is 1. The van der Waals surface area contributed by atoms with Gasteiger partial charge in [0.2, 0.25) is 0 Å². The fraction of sp³-hybridized carbons (Fsp3) is 0.250. The maximum Gasteiger partial charge on any atom is 0.265 e. The molecule has 0 spiro atoms. The summed E-state index contributed by atoms with van der Waals surface area (Å²) in [4.78, 5) is 23.9. The van der Waals surface area contributed by atoms with Crippen molar-refractivity contribution in [2.75, 3.05) is 13.1 Å². The van der Waals surface area contributed by atoms with E-state index in [-0.39, 0.29) is 5.91 Å². The van der Waals surface area contributed by atoms with Crippen molar-refractivity contribution in [1.82, 2.24) is 14.9 Å². The van der Waals surface area contributed by atoms with Crippen molar-refractivity contribution in [3.05, 3.63) is 71.5 Å². The van der Waals surface area contributed by atoms with Gasteiger partial charge >= 0.3 is 0 Å². The quantitative estimate of drug-likeness (QED) is 0.711. The highest BCUT2D eigenvalue weighted by Gasteiger charge is 2.25. The molecule has 1 aliphatic heterocycles. The normalized spacial score (nSPS) is 15.3. The Kier molecular flexibility index (Phi) is 4.57. The number of carbonyl (C=O) groups excluding carboxylic acids is 1. The van der Waals surface area contributed by atoms with Gasteiger partial charge in [0, 0.05) is 31.0 Å². The molecule has 1 aliphatic rings. The molecule has 1 amide bonds. The Morgan fingerprint density at radius 1 is 1.04 bits per heavy atom.